The highest BCUT2D eigenvalue weighted by Gasteiger charge is 2.68. The van der Waals surface area contributed by atoms with Gasteiger partial charge in [-0.15, -0.1) is 0 Å². The zero-order valence-electron chi connectivity index (χ0n) is 20.2. The fourth-order valence-corrected chi connectivity index (χ4v) is 5.69. The van der Waals surface area contributed by atoms with Gasteiger partial charge < -0.3 is 14.6 Å². The molecular weight excluding hydrogens is 468 g/mol. The molecule has 9 heteroatoms. The maximum atomic E-state index is 13.9. The summed E-state index contributed by atoms with van der Waals surface area (Å²) in [5.74, 6) is -2.30. The maximum Gasteiger partial charge on any atom is 0.327 e. The molecule has 2 amide bonds. The van der Waals surface area contributed by atoms with Crippen molar-refractivity contribution < 1.29 is 29.0 Å². The number of methoxy groups -OCH3 is 1. The number of anilines is 1. The number of rotatable bonds is 8. The number of aryl methyl sites for hydroxylation is 1. The fraction of sp³-hybridized carbons (Fsp3) is 0.423. The Kier molecular flexibility index (Phi) is 7.10. The van der Waals surface area contributed by atoms with E-state index < -0.39 is 35.3 Å². The summed E-state index contributed by atoms with van der Waals surface area (Å²) >= 11 is 1.55. The zero-order chi connectivity index (χ0) is 25.3. The fourth-order valence-electron chi connectivity index (χ4n) is 5.17. The second kappa shape index (κ2) is 9.91. The highest BCUT2D eigenvalue weighted by Crippen LogP contribution is 2.52. The van der Waals surface area contributed by atoms with Crippen LogP contribution in [-0.4, -0.2) is 54.2 Å². The van der Waals surface area contributed by atoms with Gasteiger partial charge in [-0.2, -0.15) is 11.8 Å². The topological polar surface area (TPSA) is 105 Å². The Balaban J connectivity index is 1.87. The van der Waals surface area contributed by atoms with E-state index in [2.05, 4.69) is 5.32 Å². The van der Waals surface area contributed by atoms with E-state index in [0.717, 1.165) is 5.56 Å². The first kappa shape index (κ1) is 25.1. The van der Waals surface area contributed by atoms with Gasteiger partial charge in [0, 0.05) is 6.04 Å². The molecule has 0 bridgehead atoms. The molecule has 8 nitrogen and oxygen atoms in total. The average Bonchev–Trinajstić information content (AvgIpc) is 3.33. The van der Waals surface area contributed by atoms with Crippen molar-refractivity contribution in [1.29, 1.82) is 0 Å². The normalized spacial score (nSPS) is 25.6. The lowest BCUT2D eigenvalue weighted by molar-refractivity contribution is -0.154. The van der Waals surface area contributed by atoms with Gasteiger partial charge in [0.2, 0.25) is 11.8 Å². The molecule has 0 saturated carbocycles. The number of aromatic hydroxyl groups is 1. The predicted molar refractivity (Wildman–Crippen MR) is 134 cm³/mol. The third kappa shape index (κ3) is 4.16. The number of esters is 1. The van der Waals surface area contributed by atoms with Crippen molar-refractivity contribution in [3.63, 3.8) is 0 Å². The smallest absolute Gasteiger partial charge is 0.327 e. The zero-order valence-corrected chi connectivity index (χ0v) is 21.1. The third-order valence-corrected chi connectivity index (χ3v) is 7.46. The molecule has 2 aliphatic rings. The number of hydrogen-bond donors (Lipinski definition) is 2. The summed E-state index contributed by atoms with van der Waals surface area (Å²) in [4.78, 5) is 42.4. The number of nitrogens with one attached hydrogen (secondary N) is 1. The van der Waals surface area contributed by atoms with E-state index in [9.17, 15) is 19.5 Å². The molecule has 4 atom stereocenters. The third-order valence-electron chi connectivity index (χ3n) is 6.85. The maximum absolute atomic E-state index is 13.9. The average molecular weight is 499 g/mol. The lowest BCUT2D eigenvalue weighted by Crippen LogP contribution is -2.57. The van der Waals surface area contributed by atoms with Crippen molar-refractivity contribution >= 4 is 35.2 Å². The lowest BCUT2D eigenvalue weighted by Gasteiger charge is -2.33. The standard InChI is InChI=1S/C26H30N2O6S/c1-5-34-25(32)26(12-13-35-4)21-20(22(27-26)16-8-11-18(29)19(14-16)33-3)23(30)28(24(21)31)17-9-6-15(2)7-10-17/h6-11,14,20-22,27,29H,5,12-13H2,1-4H3/t20-,21+,22-,26+/m0/s1. The van der Waals surface area contributed by atoms with Gasteiger partial charge in [0.15, 0.2) is 11.5 Å². The summed E-state index contributed by atoms with van der Waals surface area (Å²) in [7, 11) is 1.44. The van der Waals surface area contributed by atoms with Crippen LogP contribution in [0.2, 0.25) is 0 Å². The summed E-state index contributed by atoms with van der Waals surface area (Å²) in [5.41, 5.74) is 0.747. The number of nitrogens with zero attached hydrogens (tertiary/aromatic N) is 1. The number of thioether (sulfide) groups is 1. The van der Waals surface area contributed by atoms with Gasteiger partial charge in [-0.25, -0.2) is 4.90 Å². The number of carbonyl (C=O) groups excluding carboxylic acids is 3. The van der Waals surface area contributed by atoms with Crippen molar-refractivity contribution in [2.45, 2.75) is 31.8 Å². The van der Waals surface area contributed by atoms with Crippen LogP contribution in [0, 0.1) is 18.8 Å². The first-order chi connectivity index (χ1) is 16.8. The van der Waals surface area contributed by atoms with Crippen molar-refractivity contribution in [2.24, 2.45) is 11.8 Å². The highest BCUT2D eigenvalue weighted by atomic mass is 32.2. The van der Waals surface area contributed by atoms with E-state index in [-0.39, 0.29) is 24.0 Å². The molecule has 2 N–H and O–H groups in total. The molecule has 2 fully saturated rings. The van der Waals surface area contributed by atoms with Crippen molar-refractivity contribution in [3.8, 4) is 11.5 Å². The van der Waals surface area contributed by atoms with Gasteiger partial charge in [-0.1, -0.05) is 23.8 Å². The Hall–Kier alpha value is -3.04. The molecule has 0 aliphatic carbocycles. The van der Waals surface area contributed by atoms with E-state index in [4.69, 9.17) is 9.47 Å². The van der Waals surface area contributed by atoms with Gasteiger partial charge >= 0.3 is 5.97 Å². The SMILES string of the molecule is CCOC(=O)[C@]1(CCSC)N[C@@H](c2ccc(O)c(OC)c2)[C@H]2C(=O)N(c3ccc(C)cc3)C(=O)[C@@H]21. The Morgan fingerprint density at radius 2 is 1.89 bits per heavy atom. The quantitative estimate of drug-likeness (QED) is 0.422. The predicted octanol–water partition coefficient (Wildman–Crippen LogP) is 3.21. The first-order valence-corrected chi connectivity index (χ1v) is 12.9. The molecule has 0 spiro atoms. The van der Waals surface area contributed by atoms with Crippen LogP contribution in [0.5, 0.6) is 11.5 Å². The molecule has 35 heavy (non-hydrogen) atoms. The molecule has 0 unspecified atom stereocenters. The van der Waals surface area contributed by atoms with E-state index >= 15 is 0 Å². The van der Waals surface area contributed by atoms with Crippen LogP contribution in [0.3, 0.4) is 0 Å². The second-order valence-electron chi connectivity index (χ2n) is 8.84. The minimum Gasteiger partial charge on any atom is -0.504 e. The Bertz CT molecular complexity index is 1140. The lowest BCUT2D eigenvalue weighted by atomic mass is 9.78. The van der Waals surface area contributed by atoms with Crippen molar-refractivity contribution in [1.82, 2.24) is 5.32 Å². The number of imide groups is 1. The van der Waals surface area contributed by atoms with Gasteiger partial charge in [0.05, 0.1) is 31.2 Å². The summed E-state index contributed by atoms with van der Waals surface area (Å²) in [6, 6.07) is 11.3. The van der Waals surface area contributed by atoms with Crippen LogP contribution in [0.25, 0.3) is 0 Å². The number of phenolic OH excluding ortho intramolecular Hbond substituents is 1. The van der Waals surface area contributed by atoms with Gasteiger partial charge in [0.1, 0.15) is 5.54 Å². The molecule has 186 valence electrons. The van der Waals surface area contributed by atoms with E-state index in [1.165, 1.54) is 18.1 Å². The first-order valence-electron chi connectivity index (χ1n) is 11.5. The number of fused-ring (bicyclic) bond motifs is 1. The van der Waals surface area contributed by atoms with Crippen LogP contribution >= 0.6 is 11.8 Å². The Labute approximate surface area is 209 Å². The monoisotopic (exact) mass is 498 g/mol. The molecular formula is C26H30N2O6S. The Morgan fingerprint density at radius 3 is 2.51 bits per heavy atom. The number of phenols is 1. The molecule has 2 aromatic rings. The highest BCUT2D eigenvalue weighted by molar-refractivity contribution is 7.98. The number of hydrogen-bond acceptors (Lipinski definition) is 8. The van der Waals surface area contributed by atoms with Crippen molar-refractivity contribution in [3.05, 3.63) is 53.6 Å². The molecule has 4 rings (SSSR count). The largest absolute Gasteiger partial charge is 0.504 e. The van der Waals surface area contributed by atoms with E-state index in [0.29, 0.717) is 23.4 Å². The van der Waals surface area contributed by atoms with Gasteiger partial charge in [-0.3, -0.25) is 19.7 Å². The minimum atomic E-state index is -1.37. The number of ether oxygens (including phenoxy) is 2. The van der Waals surface area contributed by atoms with Crippen LogP contribution < -0.4 is 15.0 Å². The number of benzene rings is 2. The number of carbonyl (C=O) groups is 3. The number of amides is 2. The molecule has 2 saturated heterocycles. The van der Waals surface area contributed by atoms with Gasteiger partial charge in [0.25, 0.3) is 0 Å². The van der Waals surface area contributed by atoms with E-state index in [1.54, 1.807) is 43.0 Å². The van der Waals surface area contributed by atoms with Gasteiger partial charge in [-0.05, 0) is 62.1 Å². The van der Waals surface area contributed by atoms with Crippen LogP contribution in [0.15, 0.2) is 42.5 Å². The summed E-state index contributed by atoms with van der Waals surface area (Å²) in [6.45, 7) is 3.80. The molecule has 0 aromatic heterocycles. The molecule has 2 heterocycles. The van der Waals surface area contributed by atoms with E-state index in [1.807, 2.05) is 25.3 Å². The second-order valence-corrected chi connectivity index (χ2v) is 9.82. The van der Waals surface area contributed by atoms with Crippen molar-refractivity contribution in [2.75, 3.05) is 30.6 Å². The summed E-state index contributed by atoms with van der Waals surface area (Å²) in [6.07, 6.45) is 2.24. The minimum absolute atomic E-state index is 0.0417. The molecule has 2 aromatic carbocycles. The summed E-state index contributed by atoms with van der Waals surface area (Å²) < 4.78 is 10.7. The van der Waals surface area contributed by atoms with Crippen LogP contribution in [-0.2, 0) is 19.1 Å². The molecule has 0 radical (unpaired) electrons. The van der Waals surface area contributed by atoms with Crippen LogP contribution in [0.1, 0.15) is 30.5 Å². The summed E-state index contributed by atoms with van der Waals surface area (Å²) in [5, 5.41) is 13.5. The van der Waals surface area contributed by atoms with Crippen LogP contribution in [0.4, 0.5) is 5.69 Å². The molecule has 2 aliphatic heterocycles. The Morgan fingerprint density at radius 1 is 1.17 bits per heavy atom.